The predicted molar refractivity (Wildman–Crippen MR) is 63.5 cm³/mol. The molecule has 0 amide bonds. The largest absolute Gasteiger partial charge is 0.300 e. The zero-order valence-corrected chi connectivity index (χ0v) is 10.6. The normalized spacial score (nSPS) is 29.1. The van der Waals surface area contributed by atoms with E-state index in [-0.39, 0.29) is 0 Å². The van der Waals surface area contributed by atoms with Crippen LogP contribution in [0.2, 0.25) is 0 Å². The molecule has 1 atom stereocenters. The van der Waals surface area contributed by atoms with E-state index in [2.05, 4.69) is 25.7 Å². The Balaban J connectivity index is 0.000000461. The van der Waals surface area contributed by atoms with E-state index < -0.39 is 0 Å². The molecule has 1 nitrogen and oxygen atoms in total. The lowest BCUT2D eigenvalue weighted by atomic mass is 9.96. The summed E-state index contributed by atoms with van der Waals surface area (Å²) in [5, 5.41) is 0. The Bertz CT molecular complexity index is 170. The Morgan fingerprint density at radius 2 is 1.86 bits per heavy atom. The maximum atomic E-state index is 2.69. The SMILES string of the molecule is CC.CCN1CC2(CC2)CC1C(C)C. The Labute approximate surface area is 89.9 Å². The maximum absolute atomic E-state index is 2.69. The van der Waals surface area contributed by atoms with Gasteiger partial charge in [-0.05, 0) is 37.1 Å². The molecule has 2 aliphatic rings. The summed E-state index contributed by atoms with van der Waals surface area (Å²) >= 11 is 0. The third kappa shape index (κ3) is 2.31. The van der Waals surface area contributed by atoms with Crippen LogP contribution >= 0.6 is 0 Å². The van der Waals surface area contributed by atoms with Crippen LogP contribution in [0, 0.1) is 11.3 Å². The summed E-state index contributed by atoms with van der Waals surface area (Å²) in [5.41, 5.74) is 0.797. The number of hydrogen-bond donors (Lipinski definition) is 0. The van der Waals surface area contributed by atoms with Gasteiger partial charge in [0.1, 0.15) is 0 Å². The maximum Gasteiger partial charge on any atom is 0.0124 e. The van der Waals surface area contributed by atoms with Crippen molar-refractivity contribution < 1.29 is 0 Å². The highest BCUT2D eigenvalue weighted by molar-refractivity contribution is 5.04. The van der Waals surface area contributed by atoms with Gasteiger partial charge in [-0.3, -0.25) is 4.90 Å². The van der Waals surface area contributed by atoms with E-state index in [4.69, 9.17) is 0 Å². The van der Waals surface area contributed by atoms with Gasteiger partial charge in [0.2, 0.25) is 0 Å². The number of likely N-dealkylation sites (tertiary alicyclic amines) is 1. The van der Waals surface area contributed by atoms with Gasteiger partial charge in [0, 0.05) is 12.6 Å². The molecule has 1 heteroatoms. The summed E-state index contributed by atoms with van der Waals surface area (Å²) in [6, 6.07) is 0.887. The number of hydrogen-bond acceptors (Lipinski definition) is 1. The van der Waals surface area contributed by atoms with E-state index in [0.717, 1.165) is 17.4 Å². The van der Waals surface area contributed by atoms with Crippen LogP contribution in [0.1, 0.15) is 53.9 Å². The monoisotopic (exact) mass is 197 g/mol. The molecule has 1 aliphatic carbocycles. The van der Waals surface area contributed by atoms with Crippen molar-refractivity contribution in [3.63, 3.8) is 0 Å². The van der Waals surface area contributed by atoms with Crippen molar-refractivity contribution in [2.45, 2.75) is 59.9 Å². The minimum Gasteiger partial charge on any atom is -0.300 e. The first-order chi connectivity index (χ1) is 6.67. The van der Waals surface area contributed by atoms with Gasteiger partial charge >= 0.3 is 0 Å². The molecule has 1 unspecified atom stereocenters. The van der Waals surface area contributed by atoms with Crippen molar-refractivity contribution in [2.75, 3.05) is 13.1 Å². The molecule has 2 fully saturated rings. The van der Waals surface area contributed by atoms with Gasteiger partial charge in [0.15, 0.2) is 0 Å². The summed E-state index contributed by atoms with van der Waals surface area (Å²) in [6.45, 7) is 13.7. The second-order valence-corrected chi connectivity index (χ2v) is 5.08. The van der Waals surface area contributed by atoms with E-state index in [1.54, 1.807) is 0 Å². The van der Waals surface area contributed by atoms with Gasteiger partial charge in [-0.15, -0.1) is 0 Å². The minimum atomic E-state index is 0.797. The summed E-state index contributed by atoms with van der Waals surface area (Å²) in [4.78, 5) is 2.69. The molecule has 0 aromatic rings. The number of rotatable bonds is 2. The fraction of sp³-hybridized carbons (Fsp3) is 1.00. The molecular weight excluding hydrogens is 170 g/mol. The Hall–Kier alpha value is -0.0400. The molecule has 2 rings (SSSR count). The van der Waals surface area contributed by atoms with E-state index in [1.165, 1.54) is 32.4 Å². The quantitative estimate of drug-likeness (QED) is 0.654. The van der Waals surface area contributed by atoms with Crippen molar-refractivity contribution >= 4 is 0 Å². The van der Waals surface area contributed by atoms with Gasteiger partial charge in [-0.1, -0.05) is 34.6 Å². The third-order valence-corrected chi connectivity index (χ3v) is 3.78. The zero-order valence-electron chi connectivity index (χ0n) is 10.6. The van der Waals surface area contributed by atoms with Crippen molar-refractivity contribution in [1.29, 1.82) is 0 Å². The molecule has 1 heterocycles. The molecule has 0 aromatic carbocycles. The van der Waals surface area contributed by atoms with Gasteiger partial charge in [-0.25, -0.2) is 0 Å². The topological polar surface area (TPSA) is 3.24 Å². The van der Waals surface area contributed by atoms with Crippen LogP contribution < -0.4 is 0 Å². The average Bonchev–Trinajstić information content (AvgIpc) is 2.81. The summed E-state index contributed by atoms with van der Waals surface area (Å²) in [5.74, 6) is 0.852. The van der Waals surface area contributed by atoms with Crippen molar-refractivity contribution in [1.82, 2.24) is 4.90 Å². The molecule has 14 heavy (non-hydrogen) atoms. The Morgan fingerprint density at radius 3 is 2.14 bits per heavy atom. The lowest BCUT2D eigenvalue weighted by Crippen LogP contribution is -2.33. The van der Waals surface area contributed by atoms with Crippen LogP contribution in [0.25, 0.3) is 0 Å². The van der Waals surface area contributed by atoms with Crippen LogP contribution in [-0.2, 0) is 0 Å². The van der Waals surface area contributed by atoms with E-state index in [9.17, 15) is 0 Å². The lowest BCUT2D eigenvalue weighted by Gasteiger charge is -2.25. The van der Waals surface area contributed by atoms with Crippen molar-refractivity contribution in [2.24, 2.45) is 11.3 Å². The average molecular weight is 197 g/mol. The van der Waals surface area contributed by atoms with Crippen LogP contribution in [-0.4, -0.2) is 24.0 Å². The molecule has 0 N–H and O–H groups in total. The fourth-order valence-electron chi connectivity index (χ4n) is 2.73. The van der Waals surface area contributed by atoms with Gasteiger partial charge in [-0.2, -0.15) is 0 Å². The molecule has 0 bridgehead atoms. The molecule has 0 aromatic heterocycles. The second-order valence-electron chi connectivity index (χ2n) is 5.08. The van der Waals surface area contributed by atoms with E-state index in [0.29, 0.717) is 0 Å². The molecule has 1 aliphatic heterocycles. The van der Waals surface area contributed by atoms with Gasteiger partial charge < -0.3 is 0 Å². The van der Waals surface area contributed by atoms with Crippen molar-refractivity contribution in [3.8, 4) is 0 Å². The summed E-state index contributed by atoms with van der Waals surface area (Å²) in [7, 11) is 0. The highest BCUT2D eigenvalue weighted by atomic mass is 15.2. The third-order valence-electron chi connectivity index (χ3n) is 3.78. The fourth-order valence-corrected chi connectivity index (χ4v) is 2.73. The Kier molecular flexibility index (Phi) is 4.00. The van der Waals surface area contributed by atoms with Crippen molar-refractivity contribution in [3.05, 3.63) is 0 Å². The molecule has 1 spiro atoms. The Morgan fingerprint density at radius 1 is 1.29 bits per heavy atom. The molecule has 84 valence electrons. The second kappa shape index (κ2) is 4.65. The van der Waals surface area contributed by atoms with E-state index in [1.807, 2.05) is 13.8 Å². The molecule has 0 radical (unpaired) electrons. The number of nitrogens with zero attached hydrogens (tertiary/aromatic N) is 1. The first-order valence-corrected chi connectivity index (χ1v) is 6.41. The molecule has 1 saturated heterocycles. The molecule has 1 saturated carbocycles. The highest BCUT2D eigenvalue weighted by Crippen LogP contribution is 2.55. The van der Waals surface area contributed by atoms with Crippen LogP contribution in [0.5, 0.6) is 0 Å². The highest BCUT2D eigenvalue weighted by Gasteiger charge is 2.51. The zero-order chi connectivity index (χ0) is 10.8. The van der Waals surface area contributed by atoms with Crippen LogP contribution in [0.15, 0.2) is 0 Å². The molecular formula is C13H27N. The van der Waals surface area contributed by atoms with E-state index >= 15 is 0 Å². The minimum absolute atomic E-state index is 0.797. The first kappa shape index (κ1) is 12.0. The summed E-state index contributed by atoms with van der Waals surface area (Å²) in [6.07, 6.45) is 4.50. The standard InChI is InChI=1S/C11H21N.C2H6/c1-4-12-8-11(5-6-11)7-10(12)9(2)3;1-2/h9-10H,4-8H2,1-3H3;1-2H3. The smallest absolute Gasteiger partial charge is 0.0124 e. The van der Waals surface area contributed by atoms with Gasteiger partial charge in [0.25, 0.3) is 0 Å². The first-order valence-electron chi connectivity index (χ1n) is 6.41. The predicted octanol–water partition coefficient (Wildman–Crippen LogP) is 3.54. The van der Waals surface area contributed by atoms with Crippen LogP contribution in [0.3, 0.4) is 0 Å². The lowest BCUT2D eigenvalue weighted by molar-refractivity contribution is 0.215. The summed E-state index contributed by atoms with van der Waals surface area (Å²) < 4.78 is 0. The van der Waals surface area contributed by atoms with Gasteiger partial charge in [0.05, 0.1) is 0 Å². The van der Waals surface area contributed by atoms with Crippen LogP contribution in [0.4, 0.5) is 0 Å².